The Morgan fingerprint density at radius 2 is 1.86 bits per heavy atom. The van der Waals surface area contributed by atoms with E-state index in [0.29, 0.717) is 4.90 Å². The number of alkyl halides is 3. The maximum atomic E-state index is 14.0. The van der Waals surface area contributed by atoms with E-state index in [2.05, 4.69) is 4.98 Å². The third kappa shape index (κ3) is 3.92. The second-order valence-corrected chi connectivity index (χ2v) is 6.41. The lowest BCUT2D eigenvalue weighted by molar-refractivity contribution is -0.157. The van der Waals surface area contributed by atoms with Crippen molar-refractivity contribution in [3.8, 4) is 0 Å². The van der Waals surface area contributed by atoms with Crippen LogP contribution in [0.5, 0.6) is 0 Å². The molecule has 2 amide bonds. The number of aliphatic hydroxyl groups excluding tert-OH is 1. The summed E-state index contributed by atoms with van der Waals surface area (Å²) in [7, 11) is 0. The molecule has 1 atom stereocenters. The molecule has 1 aliphatic heterocycles. The van der Waals surface area contributed by atoms with E-state index in [1.165, 1.54) is 0 Å². The molecule has 0 bridgehead atoms. The Morgan fingerprint density at radius 1 is 1.21 bits per heavy atom. The normalized spacial score (nSPS) is 18.0. The molecule has 1 aliphatic rings. The third-order valence-corrected chi connectivity index (χ3v) is 4.28. The quantitative estimate of drug-likeness (QED) is 0.779. The van der Waals surface area contributed by atoms with Crippen molar-refractivity contribution in [2.75, 3.05) is 11.4 Å². The Balaban J connectivity index is 1.79. The predicted octanol–water partition coefficient (Wildman–Crippen LogP) is 2.59. The number of pyridine rings is 1. The molecule has 3 rings (SSSR count). The lowest BCUT2D eigenvalue weighted by Gasteiger charge is -2.37. The van der Waals surface area contributed by atoms with Crippen molar-refractivity contribution in [2.24, 2.45) is 0 Å². The largest absolute Gasteiger partial charge is 0.416 e. The number of piperazine rings is 1. The summed E-state index contributed by atoms with van der Waals surface area (Å²) in [6, 6.07) is 4.84. The van der Waals surface area contributed by atoms with Gasteiger partial charge in [0.15, 0.2) is 11.6 Å². The number of anilines is 1. The fourth-order valence-corrected chi connectivity index (χ4v) is 2.81. The second kappa shape index (κ2) is 7.36. The number of aliphatic hydroxyl groups is 1. The highest BCUT2D eigenvalue weighted by atomic mass is 35.5. The van der Waals surface area contributed by atoms with Gasteiger partial charge in [0.2, 0.25) is 12.1 Å². The number of rotatable bonds is 3. The van der Waals surface area contributed by atoms with Crippen molar-refractivity contribution >= 4 is 29.2 Å². The number of carbonyl (C=O) groups excluding carboxylic acids is 2. The molecule has 2 aromatic rings. The summed E-state index contributed by atoms with van der Waals surface area (Å²) in [4.78, 5) is 29.9. The first-order chi connectivity index (χ1) is 13.1. The van der Waals surface area contributed by atoms with Crippen LogP contribution in [0.1, 0.15) is 11.1 Å². The van der Waals surface area contributed by atoms with Crippen molar-refractivity contribution < 1.29 is 32.3 Å². The van der Waals surface area contributed by atoms with E-state index < -0.39 is 48.0 Å². The van der Waals surface area contributed by atoms with Gasteiger partial charge >= 0.3 is 6.18 Å². The lowest BCUT2D eigenvalue weighted by Crippen LogP contribution is -2.60. The summed E-state index contributed by atoms with van der Waals surface area (Å²) in [5.41, 5.74) is -0.592. The average Bonchev–Trinajstić information content (AvgIpc) is 2.62. The number of carbonyl (C=O) groups is 2. The van der Waals surface area contributed by atoms with E-state index in [4.69, 9.17) is 11.6 Å². The van der Waals surface area contributed by atoms with Crippen LogP contribution in [0.25, 0.3) is 0 Å². The minimum absolute atomic E-state index is 0.0125. The Labute approximate surface area is 160 Å². The summed E-state index contributed by atoms with van der Waals surface area (Å²) in [6.45, 7) is -0.893. The summed E-state index contributed by atoms with van der Waals surface area (Å²) in [6.07, 6.45) is -5.37. The van der Waals surface area contributed by atoms with Gasteiger partial charge in [-0.1, -0.05) is 23.7 Å². The lowest BCUT2D eigenvalue weighted by atomic mass is 10.1. The molecule has 0 radical (unpaired) electrons. The van der Waals surface area contributed by atoms with Gasteiger partial charge in [0.25, 0.3) is 5.91 Å². The van der Waals surface area contributed by atoms with E-state index in [0.717, 1.165) is 41.4 Å². The first kappa shape index (κ1) is 20.0. The summed E-state index contributed by atoms with van der Waals surface area (Å²) in [5, 5.41) is 10.2. The van der Waals surface area contributed by atoms with Gasteiger partial charge in [0.05, 0.1) is 10.6 Å². The number of hydrogen-bond donors (Lipinski definition) is 1. The number of nitrogens with zero attached hydrogens (tertiary/aromatic N) is 3. The summed E-state index contributed by atoms with van der Waals surface area (Å²) in [5.74, 6) is -3.14. The first-order valence-electron chi connectivity index (χ1n) is 7.84. The minimum atomic E-state index is -4.51. The second-order valence-electron chi connectivity index (χ2n) is 5.97. The molecule has 28 heavy (non-hydrogen) atoms. The van der Waals surface area contributed by atoms with Gasteiger partial charge in [-0.2, -0.15) is 13.2 Å². The van der Waals surface area contributed by atoms with Crippen molar-refractivity contribution in [1.82, 2.24) is 9.88 Å². The molecule has 0 spiro atoms. The number of benzene rings is 1. The minimum Gasteiger partial charge on any atom is -0.365 e. The van der Waals surface area contributed by atoms with E-state index in [9.17, 15) is 32.3 Å². The van der Waals surface area contributed by atoms with Crippen LogP contribution < -0.4 is 4.90 Å². The molecule has 11 heteroatoms. The fraction of sp³-hybridized carbons (Fsp3) is 0.235. The van der Waals surface area contributed by atoms with E-state index in [-0.39, 0.29) is 17.1 Å². The third-order valence-electron chi connectivity index (χ3n) is 4.07. The fourth-order valence-electron chi connectivity index (χ4n) is 2.67. The number of halogens is 5. The smallest absolute Gasteiger partial charge is 0.365 e. The average molecular weight is 418 g/mol. The van der Waals surface area contributed by atoms with E-state index in [1.54, 1.807) is 0 Å². The van der Waals surface area contributed by atoms with Gasteiger partial charge in [-0.05, 0) is 23.8 Å². The highest BCUT2D eigenvalue weighted by Crippen LogP contribution is 2.30. The Bertz CT molecular complexity index is 921. The van der Waals surface area contributed by atoms with Gasteiger partial charge in [-0.25, -0.2) is 9.37 Å². The summed E-state index contributed by atoms with van der Waals surface area (Å²) >= 11 is 5.60. The van der Waals surface area contributed by atoms with Gasteiger partial charge < -0.3 is 10.0 Å². The van der Waals surface area contributed by atoms with Crippen LogP contribution in [0.4, 0.5) is 23.4 Å². The van der Waals surface area contributed by atoms with Crippen molar-refractivity contribution in [3.63, 3.8) is 0 Å². The topological polar surface area (TPSA) is 73.7 Å². The van der Waals surface area contributed by atoms with E-state index in [1.807, 2.05) is 0 Å². The van der Waals surface area contributed by atoms with E-state index >= 15 is 0 Å². The molecule has 1 saturated heterocycles. The zero-order valence-electron chi connectivity index (χ0n) is 14.0. The molecule has 1 aromatic carbocycles. The molecule has 0 unspecified atom stereocenters. The highest BCUT2D eigenvalue weighted by molar-refractivity contribution is 6.30. The van der Waals surface area contributed by atoms with Crippen molar-refractivity contribution in [1.29, 1.82) is 0 Å². The SMILES string of the molecule is O=C1[C@H](O)N(Cc2ccc(C(F)(F)F)cc2)C(=O)CN1c1ncc(Cl)cc1F. The Hall–Kier alpha value is -2.72. The van der Waals surface area contributed by atoms with Crippen molar-refractivity contribution in [3.05, 3.63) is 58.5 Å². The van der Waals surface area contributed by atoms with Crippen LogP contribution in [-0.4, -0.2) is 39.6 Å². The van der Waals surface area contributed by atoms with Gasteiger partial charge in [-0.15, -0.1) is 0 Å². The van der Waals surface area contributed by atoms with Crippen LogP contribution in [0, 0.1) is 5.82 Å². The first-order valence-corrected chi connectivity index (χ1v) is 8.22. The van der Waals surface area contributed by atoms with Crippen LogP contribution in [0.3, 0.4) is 0 Å². The monoisotopic (exact) mass is 417 g/mol. The van der Waals surface area contributed by atoms with Crippen LogP contribution in [0.15, 0.2) is 36.5 Å². The Kier molecular flexibility index (Phi) is 5.26. The molecule has 1 fully saturated rings. The molecule has 1 aromatic heterocycles. The van der Waals surface area contributed by atoms with Crippen LogP contribution in [-0.2, 0) is 22.3 Å². The number of aromatic nitrogens is 1. The zero-order valence-corrected chi connectivity index (χ0v) is 14.7. The molecule has 148 valence electrons. The number of hydrogen-bond acceptors (Lipinski definition) is 4. The standard InChI is InChI=1S/C17H12ClF4N3O3/c18-11-5-12(19)14(23-6-11)25-8-13(26)24(15(27)16(25)28)7-9-1-3-10(4-2-9)17(20,21)22/h1-6,15,27H,7-8H2/t15-/m0/s1. The highest BCUT2D eigenvalue weighted by Gasteiger charge is 2.40. The maximum absolute atomic E-state index is 14.0. The van der Waals surface area contributed by atoms with Crippen molar-refractivity contribution in [2.45, 2.75) is 18.9 Å². The van der Waals surface area contributed by atoms with Crippen LogP contribution >= 0.6 is 11.6 Å². The number of amides is 2. The molecule has 0 saturated carbocycles. The van der Waals surface area contributed by atoms with Gasteiger partial charge in [-0.3, -0.25) is 14.5 Å². The molecule has 2 heterocycles. The van der Waals surface area contributed by atoms with Gasteiger partial charge in [0.1, 0.15) is 6.54 Å². The Morgan fingerprint density at radius 3 is 2.43 bits per heavy atom. The molecule has 1 N–H and O–H groups in total. The van der Waals surface area contributed by atoms with Gasteiger partial charge in [0, 0.05) is 12.7 Å². The molecule has 0 aliphatic carbocycles. The van der Waals surface area contributed by atoms with Crippen LogP contribution in [0.2, 0.25) is 5.02 Å². The predicted molar refractivity (Wildman–Crippen MR) is 89.6 cm³/mol. The summed E-state index contributed by atoms with van der Waals surface area (Å²) < 4.78 is 51.8. The molecular formula is C17H12ClF4N3O3. The molecular weight excluding hydrogens is 406 g/mol. The zero-order chi connectivity index (χ0) is 20.6. The molecule has 6 nitrogen and oxygen atoms in total. The maximum Gasteiger partial charge on any atom is 0.416 e.